The van der Waals surface area contributed by atoms with Gasteiger partial charge in [-0.3, -0.25) is 5.10 Å². The van der Waals surface area contributed by atoms with Crippen molar-refractivity contribution in [3.05, 3.63) is 34.4 Å². The van der Waals surface area contributed by atoms with Gasteiger partial charge in [0, 0.05) is 41.9 Å². The summed E-state index contributed by atoms with van der Waals surface area (Å²) in [5.74, 6) is 1.07. The number of hydrogen-bond donors (Lipinski definition) is 2. The predicted octanol–water partition coefficient (Wildman–Crippen LogP) is 2.56. The van der Waals surface area contributed by atoms with Gasteiger partial charge in [0.1, 0.15) is 0 Å². The minimum Gasteiger partial charge on any atom is -0.352 e. The first-order valence-corrected chi connectivity index (χ1v) is 7.31. The van der Waals surface area contributed by atoms with Crippen LogP contribution >= 0.6 is 15.9 Å². The summed E-state index contributed by atoms with van der Waals surface area (Å²) in [5.41, 5.74) is 3.55. The summed E-state index contributed by atoms with van der Waals surface area (Å²) < 4.78 is 1.10. The molecule has 1 fully saturated rings. The molecule has 0 radical (unpaired) electrons. The molecular weight excluding hydrogens is 304 g/mol. The summed E-state index contributed by atoms with van der Waals surface area (Å²) in [6, 6.07) is 8.41. The average molecular weight is 321 g/mol. The van der Waals surface area contributed by atoms with Gasteiger partial charge in [0.05, 0.1) is 0 Å². The van der Waals surface area contributed by atoms with E-state index in [9.17, 15) is 0 Å². The maximum atomic E-state index is 4.50. The molecule has 1 aromatic heterocycles. The normalized spacial score (nSPS) is 15.8. The molecule has 1 aliphatic heterocycles. The molecule has 2 aromatic rings. The SMILES string of the molecule is Cc1[nH]nc(N2CCNCC2)c1-c1ccc(Br)cc1. The molecule has 1 aliphatic rings. The van der Waals surface area contributed by atoms with Gasteiger partial charge in [-0.05, 0) is 24.6 Å². The van der Waals surface area contributed by atoms with Crippen molar-refractivity contribution < 1.29 is 0 Å². The van der Waals surface area contributed by atoms with Crippen LogP contribution in [0.4, 0.5) is 5.82 Å². The van der Waals surface area contributed by atoms with Crippen molar-refractivity contribution in [1.29, 1.82) is 0 Å². The Morgan fingerprint density at radius 1 is 1.16 bits per heavy atom. The van der Waals surface area contributed by atoms with Gasteiger partial charge in [0.15, 0.2) is 5.82 Å². The molecule has 0 bridgehead atoms. The van der Waals surface area contributed by atoms with Crippen LogP contribution in [0.3, 0.4) is 0 Å². The first-order valence-electron chi connectivity index (χ1n) is 6.52. The average Bonchev–Trinajstić information content (AvgIpc) is 2.83. The van der Waals surface area contributed by atoms with Crippen molar-refractivity contribution in [2.45, 2.75) is 6.92 Å². The van der Waals surface area contributed by atoms with Gasteiger partial charge in [0.2, 0.25) is 0 Å². The topological polar surface area (TPSA) is 44.0 Å². The van der Waals surface area contributed by atoms with E-state index in [2.05, 4.69) is 67.5 Å². The van der Waals surface area contributed by atoms with E-state index in [1.54, 1.807) is 0 Å². The third-order valence-electron chi connectivity index (χ3n) is 3.48. The molecule has 0 saturated carbocycles. The first-order chi connectivity index (χ1) is 9.25. The van der Waals surface area contributed by atoms with E-state index in [0.717, 1.165) is 42.2 Å². The van der Waals surface area contributed by atoms with Crippen molar-refractivity contribution in [2.75, 3.05) is 31.1 Å². The van der Waals surface area contributed by atoms with Crippen LogP contribution in [-0.4, -0.2) is 36.4 Å². The molecule has 0 atom stereocenters. The Morgan fingerprint density at radius 2 is 1.84 bits per heavy atom. The highest BCUT2D eigenvalue weighted by molar-refractivity contribution is 9.10. The fraction of sp³-hybridized carbons (Fsp3) is 0.357. The highest BCUT2D eigenvalue weighted by Gasteiger charge is 2.19. The Bertz CT molecular complexity index is 555. The number of benzene rings is 1. The predicted molar refractivity (Wildman–Crippen MR) is 81.5 cm³/mol. The number of halogens is 1. The van der Waals surface area contributed by atoms with E-state index in [-0.39, 0.29) is 0 Å². The Hall–Kier alpha value is -1.33. The van der Waals surface area contributed by atoms with Gasteiger partial charge in [-0.15, -0.1) is 0 Å². The largest absolute Gasteiger partial charge is 0.352 e. The van der Waals surface area contributed by atoms with Crippen molar-refractivity contribution in [2.24, 2.45) is 0 Å². The highest BCUT2D eigenvalue weighted by Crippen LogP contribution is 2.32. The Morgan fingerprint density at radius 3 is 2.53 bits per heavy atom. The van der Waals surface area contributed by atoms with Crippen LogP contribution in [0.25, 0.3) is 11.1 Å². The molecule has 0 unspecified atom stereocenters. The van der Waals surface area contributed by atoms with Crippen LogP contribution in [0.5, 0.6) is 0 Å². The second-order valence-corrected chi connectivity index (χ2v) is 5.71. The second-order valence-electron chi connectivity index (χ2n) is 4.79. The fourth-order valence-electron chi connectivity index (χ4n) is 2.48. The van der Waals surface area contributed by atoms with Gasteiger partial charge in [-0.25, -0.2) is 0 Å². The van der Waals surface area contributed by atoms with Crippen LogP contribution in [0.1, 0.15) is 5.69 Å². The Kier molecular flexibility index (Phi) is 3.57. The molecule has 3 rings (SSSR count). The van der Waals surface area contributed by atoms with Crippen molar-refractivity contribution in [3.8, 4) is 11.1 Å². The molecule has 1 aromatic carbocycles. The molecule has 0 aliphatic carbocycles. The van der Waals surface area contributed by atoms with E-state index < -0.39 is 0 Å². The number of piperazine rings is 1. The lowest BCUT2D eigenvalue weighted by molar-refractivity contribution is 0.585. The molecule has 19 heavy (non-hydrogen) atoms. The molecule has 2 heterocycles. The lowest BCUT2D eigenvalue weighted by Gasteiger charge is -2.28. The number of rotatable bonds is 2. The summed E-state index contributed by atoms with van der Waals surface area (Å²) >= 11 is 3.48. The van der Waals surface area contributed by atoms with Crippen LogP contribution in [0, 0.1) is 6.92 Å². The van der Waals surface area contributed by atoms with E-state index in [0.29, 0.717) is 0 Å². The number of H-pyrrole nitrogens is 1. The number of anilines is 1. The smallest absolute Gasteiger partial charge is 0.158 e. The lowest BCUT2D eigenvalue weighted by Crippen LogP contribution is -2.43. The maximum Gasteiger partial charge on any atom is 0.158 e. The van der Waals surface area contributed by atoms with E-state index in [4.69, 9.17) is 0 Å². The third kappa shape index (κ3) is 2.53. The second kappa shape index (κ2) is 5.35. The van der Waals surface area contributed by atoms with Crippen LogP contribution in [-0.2, 0) is 0 Å². The van der Waals surface area contributed by atoms with Crippen LogP contribution < -0.4 is 10.2 Å². The highest BCUT2D eigenvalue weighted by atomic mass is 79.9. The van der Waals surface area contributed by atoms with Crippen molar-refractivity contribution in [1.82, 2.24) is 15.5 Å². The number of nitrogens with zero attached hydrogens (tertiary/aromatic N) is 2. The number of aromatic nitrogens is 2. The molecule has 0 amide bonds. The summed E-state index contributed by atoms with van der Waals surface area (Å²) in [6.07, 6.45) is 0. The molecule has 1 saturated heterocycles. The zero-order valence-corrected chi connectivity index (χ0v) is 12.5. The quantitative estimate of drug-likeness (QED) is 0.893. The summed E-state index contributed by atoms with van der Waals surface area (Å²) in [4.78, 5) is 2.34. The fourth-order valence-corrected chi connectivity index (χ4v) is 2.75. The molecular formula is C14H17BrN4. The minimum absolute atomic E-state index is 1.01. The summed E-state index contributed by atoms with van der Waals surface area (Å²) in [6.45, 7) is 6.13. The van der Waals surface area contributed by atoms with Gasteiger partial charge in [-0.1, -0.05) is 28.1 Å². The van der Waals surface area contributed by atoms with Crippen LogP contribution in [0.15, 0.2) is 28.7 Å². The van der Waals surface area contributed by atoms with E-state index in [1.165, 1.54) is 11.1 Å². The Balaban J connectivity index is 2.00. The minimum atomic E-state index is 1.01. The molecule has 2 N–H and O–H groups in total. The monoisotopic (exact) mass is 320 g/mol. The molecule has 5 heteroatoms. The maximum absolute atomic E-state index is 4.50. The Labute approximate surface area is 121 Å². The molecule has 4 nitrogen and oxygen atoms in total. The number of aryl methyl sites for hydroxylation is 1. The molecule has 0 spiro atoms. The van der Waals surface area contributed by atoms with Gasteiger partial charge in [0.25, 0.3) is 0 Å². The number of aromatic amines is 1. The van der Waals surface area contributed by atoms with Crippen molar-refractivity contribution in [3.63, 3.8) is 0 Å². The van der Waals surface area contributed by atoms with Gasteiger partial charge < -0.3 is 10.2 Å². The van der Waals surface area contributed by atoms with E-state index in [1.807, 2.05) is 0 Å². The standard InChI is InChI=1S/C14H17BrN4/c1-10-13(11-2-4-12(15)5-3-11)14(18-17-10)19-8-6-16-7-9-19/h2-5,16H,6-9H2,1H3,(H,17,18). The van der Waals surface area contributed by atoms with E-state index >= 15 is 0 Å². The lowest BCUT2D eigenvalue weighted by atomic mass is 10.1. The zero-order valence-electron chi connectivity index (χ0n) is 10.9. The first kappa shape index (κ1) is 12.7. The zero-order chi connectivity index (χ0) is 13.2. The van der Waals surface area contributed by atoms with Gasteiger partial charge >= 0.3 is 0 Å². The summed E-state index contributed by atoms with van der Waals surface area (Å²) in [5, 5.41) is 11.0. The number of hydrogen-bond acceptors (Lipinski definition) is 3. The third-order valence-corrected chi connectivity index (χ3v) is 4.01. The molecule has 100 valence electrons. The van der Waals surface area contributed by atoms with Crippen molar-refractivity contribution >= 4 is 21.7 Å². The van der Waals surface area contributed by atoms with Crippen LogP contribution in [0.2, 0.25) is 0 Å². The summed E-state index contributed by atoms with van der Waals surface area (Å²) in [7, 11) is 0. The van der Waals surface area contributed by atoms with Gasteiger partial charge in [-0.2, -0.15) is 5.10 Å². The number of nitrogens with one attached hydrogen (secondary N) is 2.